The van der Waals surface area contributed by atoms with Crippen LogP contribution in [0, 0.1) is 13.8 Å². The van der Waals surface area contributed by atoms with E-state index < -0.39 is 0 Å². The third-order valence-electron chi connectivity index (χ3n) is 4.23. The van der Waals surface area contributed by atoms with Gasteiger partial charge in [0, 0.05) is 5.69 Å². The normalized spacial score (nSPS) is 11.1. The molecule has 134 valence electrons. The van der Waals surface area contributed by atoms with Gasteiger partial charge in [0.2, 0.25) is 5.91 Å². The summed E-state index contributed by atoms with van der Waals surface area (Å²) < 4.78 is 0. The summed E-state index contributed by atoms with van der Waals surface area (Å²) in [6, 6.07) is 13.9. The smallest absolute Gasteiger partial charge is 0.234 e. The van der Waals surface area contributed by atoms with Gasteiger partial charge in [-0.1, -0.05) is 55.9 Å². The number of para-hydroxylation sites is 3. The molecule has 1 aromatic heterocycles. The molecule has 5 heteroatoms. The van der Waals surface area contributed by atoms with Crippen LogP contribution in [-0.2, 0) is 4.79 Å². The second-order valence-electron chi connectivity index (χ2n) is 6.63. The maximum Gasteiger partial charge on any atom is 0.234 e. The van der Waals surface area contributed by atoms with Crippen molar-refractivity contribution in [1.29, 1.82) is 0 Å². The molecule has 0 bridgehead atoms. The number of rotatable bonds is 5. The minimum absolute atomic E-state index is 0.0273. The zero-order valence-electron chi connectivity index (χ0n) is 15.5. The molecular formula is C21H23N3OS. The van der Waals surface area contributed by atoms with Gasteiger partial charge in [-0.2, -0.15) is 0 Å². The van der Waals surface area contributed by atoms with Gasteiger partial charge in [0.25, 0.3) is 0 Å². The molecule has 26 heavy (non-hydrogen) atoms. The van der Waals surface area contributed by atoms with E-state index in [1.54, 1.807) is 0 Å². The fourth-order valence-corrected chi connectivity index (χ4v) is 3.62. The summed E-state index contributed by atoms with van der Waals surface area (Å²) >= 11 is 1.42. The molecule has 0 saturated heterocycles. The number of nitrogens with zero attached hydrogens (tertiary/aromatic N) is 2. The first kappa shape index (κ1) is 18.4. The van der Waals surface area contributed by atoms with Gasteiger partial charge in [0.05, 0.1) is 22.5 Å². The van der Waals surface area contributed by atoms with Gasteiger partial charge >= 0.3 is 0 Å². The minimum atomic E-state index is -0.0273. The minimum Gasteiger partial charge on any atom is -0.325 e. The van der Waals surface area contributed by atoms with Crippen molar-refractivity contribution in [1.82, 2.24) is 9.97 Å². The Morgan fingerprint density at radius 1 is 1.04 bits per heavy atom. The molecule has 3 aromatic rings. The summed E-state index contributed by atoms with van der Waals surface area (Å²) in [4.78, 5) is 21.7. The molecule has 0 radical (unpaired) electrons. The molecule has 4 nitrogen and oxygen atoms in total. The highest BCUT2D eigenvalue weighted by molar-refractivity contribution is 8.00. The highest BCUT2D eigenvalue weighted by Crippen LogP contribution is 2.28. The van der Waals surface area contributed by atoms with Crippen molar-refractivity contribution < 1.29 is 4.79 Å². The molecule has 1 amide bonds. The monoisotopic (exact) mass is 365 g/mol. The maximum atomic E-state index is 12.5. The summed E-state index contributed by atoms with van der Waals surface area (Å²) in [5.74, 6) is 0.631. The Labute approximate surface area is 158 Å². The van der Waals surface area contributed by atoms with E-state index >= 15 is 0 Å². The molecule has 0 spiro atoms. The van der Waals surface area contributed by atoms with E-state index in [4.69, 9.17) is 0 Å². The van der Waals surface area contributed by atoms with Gasteiger partial charge in [0.15, 0.2) is 0 Å². The zero-order valence-corrected chi connectivity index (χ0v) is 16.4. The summed E-state index contributed by atoms with van der Waals surface area (Å²) in [5.41, 5.74) is 5.73. The van der Waals surface area contributed by atoms with E-state index in [1.165, 1.54) is 11.8 Å². The van der Waals surface area contributed by atoms with Crippen LogP contribution in [0.1, 0.15) is 36.6 Å². The first-order valence-corrected chi connectivity index (χ1v) is 9.70. The van der Waals surface area contributed by atoms with Crippen molar-refractivity contribution in [2.24, 2.45) is 0 Å². The number of thioether (sulfide) groups is 1. The molecule has 0 aliphatic rings. The summed E-state index contributed by atoms with van der Waals surface area (Å²) in [5, 5.41) is 3.88. The molecule has 0 aliphatic carbocycles. The number of aryl methyl sites for hydroxylation is 2. The van der Waals surface area contributed by atoms with Crippen LogP contribution >= 0.6 is 11.8 Å². The lowest BCUT2D eigenvalue weighted by Crippen LogP contribution is -2.17. The fourth-order valence-electron chi connectivity index (χ4n) is 2.86. The largest absolute Gasteiger partial charge is 0.325 e. The van der Waals surface area contributed by atoms with E-state index in [0.29, 0.717) is 11.7 Å². The number of carbonyl (C=O) groups is 1. The highest BCUT2D eigenvalue weighted by Gasteiger charge is 2.13. The van der Waals surface area contributed by atoms with Crippen LogP contribution in [0.4, 0.5) is 5.69 Å². The lowest BCUT2D eigenvalue weighted by Gasteiger charge is -2.16. The van der Waals surface area contributed by atoms with E-state index in [-0.39, 0.29) is 5.91 Å². The topological polar surface area (TPSA) is 54.9 Å². The maximum absolute atomic E-state index is 12.5. The van der Waals surface area contributed by atoms with Crippen molar-refractivity contribution in [2.75, 3.05) is 11.1 Å². The highest BCUT2D eigenvalue weighted by atomic mass is 32.2. The molecule has 2 aromatic carbocycles. The first-order chi connectivity index (χ1) is 12.5. The SMILES string of the molecule is Cc1cccc(C(C)C)c1NC(=O)CSc1nc2ccccc2nc1C. The number of anilines is 1. The zero-order chi connectivity index (χ0) is 18.7. The molecule has 0 unspecified atom stereocenters. The second-order valence-corrected chi connectivity index (χ2v) is 7.60. The number of fused-ring (bicyclic) bond motifs is 1. The van der Waals surface area contributed by atoms with Crippen molar-refractivity contribution >= 4 is 34.4 Å². The second kappa shape index (κ2) is 7.87. The number of aromatic nitrogens is 2. The Morgan fingerprint density at radius 3 is 2.42 bits per heavy atom. The molecule has 1 N–H and O–H groups in total. The van der Waals surface area contributed by atoms with Crippen LogP contribution in [0.15, 0.2) is 47.5 Å². The molecule has 0 atom stereocenters. The van der Waals surface area contributed by atoms with Gasteiger partial charge in [-0.15, -0.1) is 0 Å². The number of nitrogens with one attached hydrogen (secondary N) is 1. The third-order valence-corrected chi connectivity index (χ3v) is 5.30. The lowest BCUT2D eigenvalue weighted by molar-refractivity contribution is -0.113. The van der Waals surface area contributed by atoms with Crippen molar-refractivity contribution in [2.45, 2.75) is 38.6 Å². The Hall–Kier alpha value is -2.40. The lowest BCUT2D eigenvalue weighted by atomic mass is 9.98. The van der Waals surface area contributed by atoms with Gasteiger partial charge in [-0.05, 0) is 43.0 Å². The van der Waals surface area contributed by atoms with Crippen LogP contribution in [0.5, 0.6) is 0 Å². The van der Waals surface area contributed by atoms with Crippen molar-refractivity contribution in [3.8, 4) is 0 Å². The number of hydrogen-bond donors (Lipinski definition) is 1. The van der Waals surface area contributed by atoms with Gasteiger partial charge in [-0.25, -0.2) is 9.97 Å². The number of amides is 1. The predicted octanol–water partition coefficient (Wildman–Crippen LogP) is 5.10. The van der Waals surface area contributed by atoms with E-state index in [9.17, 15) is 4.79 Å². The fraction of sp³-hybridized carbons (Fsp3) is 0.286. The number of benzene rings is 2. The van der Waals surface area contributed by atoms with Crippen LogP contribution in [-0.4, -0.2) is 21.6 Å². The van der Waals surface area contributed by atoms with Crippen molar-refractivity contribution in [3.05, 3.63) is 59.3 Å². The average Bonchev–Trinajstić information content (AvgIpc) is 2.61. The van der Waals surface area contributed by atoms with Crippen LogP contribution < -0.4 is 5.32 Å². The Balaban J connectivity index is 1.73. The van der Waals surface area contributed by atoms with Crippen LogP contribution in [0.2, 0.25) is 0 Å². The van der Waals surface area contributed by atoms with E-state index in [0.717, 1.165) is 38.6 Å². The summed E-state index contributed by atoms with van der Waals surface area (Å²) in [7, 11) is 0. The average molecular weight is 366 g/mol. The third kappa shape index (κ3) is 4.05. The van der Waals surface area contributed by atoms with Crippen LogP contribution in [0.3, 0.4) is 0 Å². The van der Waals surface area contributed by atoms with Gasteiger partial charge < -0.3 is 5.32 Å². The number of hydrogen-bond acceptors (Lipinski definition) is 4. The van der Waals surface area contributed by atoms with Gasteiger partial charge in [0.1, 0.15) is 5.03 Å². The predicted molar refractivity (Wildman–Crippen MR) is 109 cm³/mol. The Kier molecular flexibility index (Phi) is 5.57. The number of carbonyl (C=O) groups excluding carboxylic acids is 1. The van der Waals surface area contributed by atoms with Gasteiger partial charge in [-0.3, -0.25) is 4.79 Å². The van der Waals surface area contributed by atoms with Crippen molar-refractivity contribution in [3.63, 3.8) is 0 Å². The summed E-state index contributed by atoms with van der Waals surface area (Å²) in [6.45, 7) is 8.21. The molecule has 3 rings (SSSR count). The Bertz CT molecular complexity index is 953. The van der Waals surface area contributed by atoms with E-state index in [2.05, 4.69) is 35.2 Å². The molecular weight excluding hydrogens is 342 g/mol. The standard InChI is InChI=1S/C21H23N3OS/c1-13(2)16-9-7-8-14(3)20(16)24-19(25)12-26-21-15(4)22-17-10-5-6-11-18(17)23-21/h5-11,13H,12H2,1-4H3,(H,24,25). The summed E-state index contributed by atoms with van der Waals surface area (Å²) in [6.07, 6.45) is 0. The Morgan fingerprint density at radius 2 is 1.73 bits per heavy atom. The van der Waals surface area contributed by atoms with E-state index in [1.807, 2.05) is 50.2 Å². The first-order valence-electron chi connectivity index (χ1n) is 8.71. The molecule has 0 aliphatic heterocycles. The quantitative estimate of drug-likeness (QED) is 0.639. The van der Waals surface area contributed by atoms with Crippen LogP contribution in [0.25, 0.3) is 11.0 Å². The molecule has 0 fully saturated rings. The molecule has 0 saturated carbocycles. The molecule has 1 heterocycles.